The second kappa shape index (κ2) is 4.93. The zero-order valence-electron chi connectivity index (χ0n) is 10.6. The van der Waals surface area contributed by atoms with Crippen LogP contribution in [0.2, 0.25) is 0 Å². The third-order valence-electron chi connectivity index (χ3n) is 3.68. The minimum absolute atomic E-state index is 0.165. The molecule has 1 nitrogen and oxygen atoms in total. The topological polar surface area (TPSA) is 13.1 Å². The first kappa shape index (κ1) is 12.0. The van der Waals surface area contributed by atoms with Crippen LogP contribution in [0.1, 0.15) is 45.9 Å². The first-order valence-electron chi connectivity index (χ1n) is 6.56. The van der Waals surface area contributed by atoms with E-state index < -0.39 is 0 Å². The van der Waals surface area contributed by atoms with E-state index in [0.717, 1.165) is 11.5 Å². The third kappa shape index (κ3) is 2.26. The number of halogens is 1. The van der Waals surface area contributed by atoms with Crippen LogP contribution in [0.5, 0.6) is 0 Å². The lowest BCUT2D eigenvalue weighted by Crippen LogP contribution is -2.04. The molecule has 0 saturated heterocycles. The second-order valence-electron chi connectivity index (χ2n) is 5.05. The number of hydrogen-bond donors (Lipinski definition) is 0. The maximum absolute atomic E-state index is 5.70. The highest BCUT2D eigenvalue weighted by Crippen LogP contribution is 2.34. The SMILES string of the molecule is Cc1ccc(C(Br)c2ccc3c(c2)CCCC3)o1. The lowest BCUT2D eigenvalue weighted by Gasteiger charge is -2.18. The van der Waals surface area contributed by atoms with Crippen molar-refractivity contribution >= 4 is 15.9 Å². The molecule has 0 saturated carbocycles. The predicted molar refractivity (Wildman–Crippen MR) is 77.3 cm³/mol. The summed E-state index contributed by atoms with van der Waals surface area (Å²) >= 11 is 3.74. The lowest BCUT2D eigenvalue weighted by molar-refractivity contribution is 0.492. The Morgan fingerprint density at radius 2 is 1.83 bits per heavy atom. The lowest BCUT2D eigenvalue weighted by atomic mass is 9.90. The summed E-state index contributed by atoms with van der Waals surface area (Å²) in [4.78, 5) is 0.165. The van der Waals surface area contributed by atoms with Crippen LogP contribution in [-0.4, -0.2) is 0 Å². The number of aryl methyl sites for hydroxylation is 3. The molecule has 0 fully saturated rings. The number of fused-ring (bicyclic) bond motifs is 1. The van der Waals surface area contributed by atoms with Gasteiger partial charge in [-0.3, -0.25) is 0 Å². The Labute approximate surface area is 116 Å². The molecule has 1 aromatic carbocycles. The molecule has 1 aromatic heterocycles. The standard InChI is InChI=1S/C16H17BrO/c1-11-6-9-15(18-11)16(17)14-8-7-12-4-2-3-5-13(12)10-14/h6-10,16H,2-5H2,1H3. The minimum Gasteiger partial charge on any atom is -0.465 e. The molecular formula is C16H17BrO. The van der Waals surface area contributed by atoms with E-state index in [1.54, 1.807) is 0 Å². The molecule has 1 atom stereocenters. The quantitative estimate of drug-likeness (QED) is 0.715. The van der Waals surface area contributed by atoms with Crippen molar-refractivity contribution in [2.24, 2.45) is 0 Å². The Morgan fingerprint density at radius 1 is 1.06 bits per heavy atom. The van der Waals surface area contributed by atoms with Gasteiger partial charge in [0, 0.05) is 0 Å². The van der Waals surface area contributed by atoms with Crippen molar-refractivity contribution in [1.29, 1.82) is 0 Å². The summed E-state index contributed by atoms with van der Waals surface area (Å²) in [6.45, 7) is 1.98. The Balaban J connectivity index is 1.92. The monoisotopic (exact) mass is 304 g/mol. The third-order valence-corrected chi connectivity index (χ3v) is 4.66. The summed E-state index contributed by atoms with van der Waals surface area (Å²) in [5.74, 6) is 1.95. The fourth-order valence-electron chi connectivity index (χ4n) is 2.66. The highest BCUT2D eigenvalue weighted by molar-refractivity contribution is 9.09. The Morgan fingerprint density at radius 3 is 2.56 bits per heavy atom. The maximum Gasteiger partial charge on any atom is 0.122 e. The molecule has 1 unspecified atom stereocenters. The van der Waals surface area contributed by atoms with Crippen LogP contribution in [0, 0.1) is 6.92 Å². The molecule has 0 amide bonds. The number of rotatable bonds is 2. The van der Waals surface area contributed by atoms with Gasteiger partial charge < -0.3 is 4.42 Å². The van der Waals surface area contributed by atoms with Crippen molar-refractivity contribution in [1.82, 2.24) is 0 Å². The van der Waals surface area contributed by atoms with Crippen molar-refractivity contribution in [3.63, 3.8) is 0 Å². The summed E-state index contributed by atoms with van der Waals surface area (Å²) in [6.07, 6.45) is 5.12. The highest BCUT2D eigenvalue weighted by atomic mass is 79.9. The van der Waals surface area contributed by atoms with Crippen molar-refractivity contribution in [2.75, 3.05) is 0 Å². The van der Waals surface area contributed by atoms with Gasteiger partial charge in [0.2, 0.25) is 0 Å². The maximum atomic E-state index is 5.70. The van der Waals surface area contributed by atoms with Crippen LogP contribution in [-0.2, 0) is 12.8 Å². The van der Waals surface area contributed by atoms with Crippen LogP contribution < -0.4 is 0 Å². The molecule has 3 rings (SSSR count). The molecule has 1 aliphatic rings. The Bertz CT molecular complexity index is 556. The van der Waals surface area contributed by atoms with Gasteiger partial charge in [0.15, 0.2) is 0 Å². The molecule has 1 heterocycles. The smallest absolute Gasteiger partial charge is 0.122 e. The van der Waals surface area contributed by atoms with E-state index >= 15 is 0 Å². The normalized spacial score (nSPS) is 16.3. The van der Waals surface area contributed by atoms with Crippen molar-refractivity contribution in [3.05, 3.63) is 58.5 Å². The van der Waals surface area contributed by atoms with Crippen molar-refractivity contribution in [2.45, 2.75) is 37.4 Å². The zero-order valence-corrected chi connectivity index (χ0v) is 12.2. The molecule has 0 bridgehead atoms. The van der Waals surface area contributed by atoms with Gasteiger partial charge in [-0.1, -0.05) is 34.1 Å². The van der Waals surface area contributed by atoms with Crippen LogP contribution >= 0.6 is 15.9 Å². The van der Waals surface area contributed by atoms with Gasteiger partial charge in [-0.15, -0.1) is 0 Å². The van der Waals surface area contributed by atoms with Crippen molar-refractivity contribution < 1.29 is 4.42 Å². The van der Waals surface area contributed by atoms with Crippen LogP contribution in [0.25, 0.3) is 0 Å². The van der Waals surface area contributed by atoms with E-state index in [0.29, 0.717) is 0 Å². The van der Waals surface area contributed by atoms with Crippen LogP contribution in [0.4, 0.5) is 0 Å². The number of hydrogen-bond acceptors (Lipinski definition) is 1. The van der Waals surface area contributed by atoms with Gasteiger partial charge in [0.25, 0.3) is 0 Å². The first-order valence-corrected chi connectivity index (χ1v) is 7.48. The fourth-order valence-corrected chi connectivity index (χ4v) is 3.20. The summed E-state index contributed by atoms with van der Waals surface area (Å²) in [7, 11) is 0. The van der Waals surface area contributed by atoms with E-state index in [1.165, 1.54) is 42.4 Å². The van der Waals surface area contributed by atoms with Gasteiger partial charge in [-0.2, -0.15) is 0 Å². The molecule has 0 aliphatic heterocycles. The van der Waals surface area contributed by atoms with E-state index in [-0.39, 0.29) is 4.83 Å². The summed E-state index contributed by atoms with van der Waals surface area (Å²) < 4.78 is 5.70. The molecule has 1 aliphatic carbocycles. The molecule has 94 valence electrons. The van der Waals surface area contributed by atoms with Crippen LogP contribution in [0.15, 0.2) is 34.7 Å². The summed E-state index contributed by atoms with van der Waals surface area (Å²) in [5.41, 5.74) is 4.34. The molecule has 2 heteroatoms. The molecule has 0 N–H and O–H groups in total. The second-order valence-corrected chi connectivity index (χ2v) is 5.96. The largest absolute Gasteiger partial charge is 0.465 e. The Hall–Kier alpha value is -1.02. The number of furan rings is 1. The van der Waals surface area contributed by atoms with Gasteiger partial charge in [0.1, 0.15) is 11.5 Å². The van der Waals surface area contributed by atoms with Gasteiger partial charge >= 0.3 is 0 Å². The molecule has 0 radical (unpaired) electrons. The average molecular weight is 305 g/mol. The Kier molecular flexibility index (Phi) is 3.29. The van der Waals surface area contributed by atoms with Gasteiger partial charge in [-0.05, 0) is 61.4 Å². The van der Waals surface area contributed by atoms with Gasteiger partial charge in [-0.25, -0.2) is 0 Å². The summed E-state index contributed by atoms with van der Waals surface area (Å²) in [5, 5.41) is 0. The van der Waals surface area contributed by atoms with E-state index in [4.69, 9.17) is 4.42 Å². The number of alkyl halides is 1. The minimum atomic E-state index is 0.165. The molecule has 2 aromatic rings. The molecular weight excluding hydrogens is 288 g/mol. The zero-order chi connectivity index (χ0) is 12.5. The fraction of sp³-hybridized carbons (Fsp3) is 0.375. The number of benzene rings is 1. The highest BCUT2D eigenvalue weighted by Gasteiger charge is 2.16. The first-order chi connectivity index (χ1) is 8.74. The summed E-state index contributed by atoms with van der Waals surface area (Å²) in [6, 6.07) is 10.9. The van der Waals surface area contributed by atoms with E-state index in [2.05, 4.69) is 34.1 Å². The van der Waals surface area contributed by atoms with Gasteiger partial charge in [0.05, 0.1) is 4.83 Å². The molecule has 0 spiro atoms. The van der Waals surface area contributed by atoms with Crippen LogP contribution in [0.3, 0.4) is 0 Å². The van der Waals surface area contributed by atoms with Crippen molar-refractivity contribution in [3.8, 4) is 0 Å². The van der Waals surface area contributed by atoms with E-state index in [1.807, 2.05) is 19.1 Å². The molecule has 18 heavy (non-hydrogen) atoms. The predicted octanol–water partition coefficient (Wildman–Crippen LogP) is 4.95. The average Bonchev–Trinajstić information content (AvgIpc) is 2.84. The van der Waals surface area contributed by atoms with E-state index in [9.17, 15) is 0 Å².